The largest absolute Gasteiger partial charge is 0.338 e. The number of hydrogen-bond donors (Lipinski definition) is 0. The number of nitrogens with zero attached hydrogens (tertiary/aromatic N) is 2. The molecule has 1 fully saturated rings. The zero-order valence-electron chi connectivity index (χ0n) is 13.0. The number of benzene rings is 1. The Labute approximate surface area is 138 Å². The van der Waals surface area contributed by atoms with Crippen LogP contribution in [0.3, 0.4) is 0 Å². The van der Waals surface area contributed by atoms with Gasteiger partial charge in [0.1, 0.15) is 5.82 Å². The predicted octanol–water partition coefficient (Wildman–Crippen LogP) is 3.68. The lowest BCUT2D eigenvalue weighted by Crippen LogP contribution is -2.42. The van der Waals surface area contributed by atoms with Crippen LogP contribution >= 0.6 is 0 Å². The quantitative estimate of drug-likeness (QED) is 0.858. The van der Waals surface area contributed by atoms with Gasteiger partial charge in [-0.3, -0.25) is 9.78 Å². The molecule has 3 rings (SSSR count). The zero-order chi connectivity index (χ0) is 17.2. The molecule has 1 aromatic heterocycles. The number of halogens is 3. The number of alkyl halides is 2. The number of pyridine rings is 1. The van der Waals surface area contributed by atoms with Crippen LogP contribution in [-0.4, -0.2) is 34.8 Å². The molecule has 6 heteroatoms. The molecule has 1 saturated heterocycles. The molecule has 126 valence electrons. The van der Waals surface area contributed by atoms with Gasteiger partial charge in [-0.15, -0.1) is 0 Å². The maximum Gasteiger partial charge on any atom is 0.255 e. The van der Waals surface area contributed by atoms with Crippen LogP contribution in [0.15, 0.2) is 42.6 Å². The lowest BCUT2D eigenvalue weighted by Gasteiger charge is -2.31. The van der Waals surface area contributed by atoms with E-state index in [9.17, 15) is 18.0 Å². The van der Waals surface area contributed by atoms with Gasteiger partial charge in [0.25, 0.3) is 11.8 Å². The van der Waals surface area contributed by atoms with Gasteiger partial charge in [0.2, 0.25) is 0 Å². The molecule has 0 saturated carbocycles. The lowest BCUT2D eigenvalue weighted by atomic mass is 10.1. The zero-order valence-corrected chi connectivity index (χ0v) is 13.0. The molecule has 2 aromatic rings. The molecule has 3 nitrogen and oxygen atoms in total. The number of hydrogen-bond acceptors (Lipinski definition) is 2. The van der Waals surface area contributed by atoms with E-state index in [1.54, 1.807) is 24.3 Å². The van der Waals surface area contributed by atoms with Crippen molar-refractivity contribution >= 4 is 5.91 Å². The molecule has 1 aromatic carbocycles. The number of carbonyl (C=O) groups excluding carboxylic acids is 1. The fraction of sp³-hybridized carbons (Fsp3) is 0.333. The topological polar surface area (TPSA) is 33.2 Å². The Bertz CT molecular complexity index is 721. The van der Waals surface area contributed by atoms with E-state index in [1.807, 2.05) is 0 Å². The summed E-state index contributed by atoms with van der Waals surface area (Å²) in [6.07, 6.45) is 1.31. The molecule has 0 spiro atoms. The van der Waals surface area contributed by atoms with Crippen LogP contribution in [0, 0.1) is 5.82 Å². The number of aromatic nitrogens is 1. The summed E-state index contributed by atoms with van der Waals surface area (Å²) in [5, 5.41) is 0. The number of rotatable bonds is 3. The predicted molar refractivity (Wildman–Crippen MR) is 83.5 cm³/mol. The van der Waals surface area contributed by atoms with E-state index < -0.39 is 5.92 Å². The number of amides is 1. The van der Waals surface area contributed by atoms with Crippen molar-refractivity contribution in [2.45, 2.75) is 25.2 Å². The highest BCUT2D eigenvalue weighted by atomic mass is 19.3. The molecule has 1 amide bonds. The van der Waals surface area contributed by atoms with Crippen molar-refractivity contribution in [1.29, 1.82) is 0 Å². The van der Waals surface area contributed by atoms with Crippen LogP contribution in [0.5, 0.6) is 0 Å². The molecule has 0 bridgehead atoms. The Balaban J connectivity index is 1.65. The van der Waals surface area contributed by atoms with Gasteiger partial charge in [-0.1, -0.05) is 12.1 Å². The second kappa shape index (κ2) is 6.63. The highest BCUT2D eigenvalue weighted by Gasteiger charge is 2.35. The van der Waals surface area contributed by atoms with Crippen molar-refractivity contribution in [2.75, 3.05) is 13.1 Å². The summed E-state index contributed by atoms with van der Waals surface area (Å²) in [6.45, 7) is 0.105. The minimum absolute atomic E-state index is 0.0525. The van der Waals surface area contributed by atoms with Crippen molar-refractivity contribution in [3.63, 3.8) is 0 Å². The van der Waals surface area contributed by atoms with Gasteiger partial charge in [-0.05, 0) is 29.8 Å². The monoisotopic (exact) mass is 334 g/mol. The van der Waals surface area contributed by atoms with Crippen LogP contribution in [0.1, 0.15) is 34.5 Å². The minimum Gasteiger partial charge on any atom is -0.338 e. The molecule has 1 aliphatic rings. The summed E-state index contributed by atoms with van der Waals surface area (Å²) < 4.78 is 39.5. The van der Waals surface area contributed by atoms with Crippen molar-refractivity contribution in [3.05, 3.63) is 65.2 Å². The van der Waals surface area contributed by atoms with Gasteiger partial charge in [0.15, 0.2) is 0 Å². The second-order valence-corrected chi connectivity index (χ2v) is 5.99. The lowest BCUT2D eigenvalue weighted by molar-refractivity contribution is -0.0494. The van der Waals surface area contributed by atoms with E-state index in [1.165, 1.54) is 23.2 Å². The maximum atomic E-state index is 13.2. The summed E-state index contributed by atoms with van der Waals surface area (Å²) in [4.78, 5) is 18.0. The first-order valence-electron chi connectivity index (χ1n) is 7.79. The summed E-state index contributed by atoms with van der Waals surface area (Å²) in [5.41, 5.74) is 1.88. The first kappa shape index (κ1) is 16.5. The van der Waals surface area contributed by atoms with Crippen LogP contribution in [-0.2, 0) is 6.42 Å². The minimum atomic E-state index is -2.68. The smallest absolute Gasteiger partial charge is 0.255 e. The first-order valence-corrected chi connectivity index (χ1v) is 7.79. The average molecular weight is 334 g/mol. The van der Waals surface area contributed by atoms with Crippen LogP contribution in [0.25, 0.3) is 0 Å². The Morgan fingerprint density at radius 2 is 1.92 bits per heavy atom. The highest BCUT2D eigenvalue weighted by Crippen LogP contribution is 2.28. The summed E-state index contributed by atoms with van der Waals surface area (Å²) in [5.74, 6) is -3.26. The first-order chi connectivity index (χ1) is 11.4. The van der Waals surface area contributed by atoms with Crippen molar-refractivity contribution in [3.8, 4) is 0 Å². The van der Waals surface area contributed by atoms with E-state index >= 15 is 0 Å². The average Bonchev–Trinajstić information content (AvgIpc) is 2.55. The highest BCUT2D eigenvalue weighted by molar-refractivity contribution is 5.94. The van der Waals surface area contributed by atoms with Crippen LogP contribution in [0.4, 0.5) is 13.2 Å². The number of carbonyl (C=O) groups is 1. The Kier molecular flexibility index (Phi) is 4.55. The van der Waals surface area contributed by atoms with Gasteiger partial charge in [-0.2, -0.15) is 0 Å². The molecule has 0 N–H and O–H groups in total. The molecule has 1 aliphatic heterocycles. The van der Waals surface area contributed by atoms with Gasteiger partial charge in [0, 0.05) is 44.2 Å². The molecule has 0 atom stereocenters. The molecule has 0 unspecified atom stereocenters. The molecule has 0 aliphatic carbocycles. The van der Waals surface area contributed by atoms with E-state index in [0.29, 0.717) is 17.7 Å². The van der Waals surface area contributed by atoms with Crippen molar-refractivity contribution in [1.82, 2.24) is 9.88 Å². The normalized spacial score (nSPS) is 16.9. The van der Waals surface area contributed by atoms with Gasteiger partial charge in [0.05, 0.1) is 5.56 Å². The third-order valence-corrected chi connectivity index (χ3v) is 4.13. The fourth-order valence-electron chi connectivity index (χ4n) is 2.73. The van der Waals surface area contributed by atoms with Crippen LogP contribution in [0.2, 0.25) is 0 Å². The molecular formula is C18H17F3N2O. The van der Waals surface area contributed by atoms with Crippen LogP contribution < -0.4 is 0 Å². The van der Waals surface area contributed by atoms with Crippen molar-refractivity contribution in [2.24, 2.45) is 0 Å². The van der Waals surface area contributed by atoms with E-state index in [0.717, 1.165) is 5.56 Å². The van der Waals surface area contributed by atoms with Gasteiger partial charge >= 0.3 is 0 Å². The van der Waals surface area contributed by atoms with E-state index in [4.69, 9.17) is 0 Å². The molecule has 2 heterocycles. The fourth-order valence-corrected chi connectivity index (χ4v) is 2.73. The SMILES string of the molecule is O=C(c1ccc(Cc2cccc(F)c2)nc1)N1CCC(F)(F)CC1. The Hall–Kier alpha value is -2.37. The standard InChI is InChI=1S/C18H17F3N2O/c19-15-3-1-2-13(10-15)11-16-5-4-14(12-22-16)17(24)23-8-6-18(20,21)7-9-23/h1-5,10,12H,6-9,11H2. The maximum absolute atomic E-state index is 13.2. The molecule has 0 radical (unpaired) electrons. The Morgan fingerprint density at radius 3 is 2.54 bits per heavy atom. The van der Waals surface area contributed by atoms with Crippen molar-refractivity contribution < 1.29 is 18.0 Å². The summed E-state index contributed by atoms with van der Waals surface area (Å²) in [6, 6.07) is 9.59. The van der Waals surface area contributed by atoms with Gasteiger partial charge in [-0.25, -0.2) is 13.2 Å². The number of likely N-dealkylation sites (tertiary alicyclic amines) is 1. The Morgan fingerprint density at radius 1 is 1.17 bits per heavy atom. The molecule has 24 heavy (non-hydrogen) atoms. The summed E-state index contributed by atoms with van der Waals surface area (Å²) in [7, 11) is 0. The third kappa shape index (κ3) is 3.93. The third-order valence-electron chi connectivity index (χ3n) is 4.13. The summed E-state index contributed by atoms with van der Waals surface area (Å²) >= 11 is 0. The molecular weight excluding hydrogens is 317 g/mol. The van der Waals surface area contributed by atoms with Gasteiger partial charge < -0.3 is 4.90 Å². The second-order valence-electron chi connectivity index (χ2n) is 5.99. The number of piperidine rings is 1. The van der Waals surface area contributed by atoms with E-state index in [-0.39, 0.29) is 37.7 Å². The van der Waals surface area contributed by atoms with E-state index in [2.05, 4.69) is 4.98 Å².